The van der Waals surface area contributed by atoms with Gasteiger partial charge in [-0.05, 0) is 11.5 Å². The third-order valence-electron chi connectivity index (χ3n) is 2.32. The molecule has 0 atom stereocenters. The van der Waals surface area contributed by atoms with Gasteiger partial charge in [0.25, 0.3) is 0 Å². The highest BCUT2D eigenvalue weighted by Crippen LogP contribution is 2.19. The van der Waals surface area contributed by atoms with Crippen molar-refractivity contribution < 1.29 is 4.79 Å². The Labute approximate surface area is 91.6 Å². The highest BCUT2D eigenvalue weighted by molar-refractivity contribution is 5.91. The molecule has 0 bridgehead atoms. The fraction of sp³-hybridized carbons (Fsp3) is 0. The number of rotatable bonds is 3. The Kier molecular flexibility index (Phi) is 2.55. The van der Waals surface area contributed by atoms with E-state index in [1.54, 1.807) is 12.1 Å². The summed E-state index contributed by atoms with van der Waals surface area (Å²) in [6.45, 7) is 3.73. The minimum Gasteiger partial charge on any atom is -0.329 e. The van der Waals surface area contributed by atoms with Crippen LogP contribution >= 0.6 is 0 Å². The van der Waals surface area contributed by atoms with Crippen molar-refractivity contribution in [1.29, 1.82) is 0 Å². The van der Waals surface area contributed by atoms with Gasteiger partial charge in [-0.1, -0.05) is 24.8 Å². The van der Waals surface area contributed by atoms with Crippen molar-refractivity contribution in [3.63, 3.8) is 0 Å². The Balaban J connectivity index is 2.69. The number of pyridine rings is 1. The molecule has 0 aliphatic rings. The first-order chi connectivity index (χ1) is 7.72. The zero-order chi connectivity index (χ0) is 11.5. The van der Waals surface area contributed by atoms with Crippen LogP contribution in [0.1, 0.15) is 5.56 Å². The molecule has 0 fully saturated rings. The molecule has 1 heterocycles. The van der Waals surface area contributed by atoms with E-state index in [0.717, 1.165) is 5.39 Å². The Hall–Kier alpha value is -2.36. The van der Waals surface area contributed by atoms with E-state index in [9.17, 15) is 9.59 Å². The van der Waals surface area contributed by atoms with Gasteiger partial charge in [-0.25, -0.2) is 0 Å². The molecule has 0 saturated carbocycles. The molecule has 2 aromatic rings. The zero-order valence-electron chi connectivity index (χ0n) is 8.49. The van der Waals surface area contributed by atoms with E-state index in [1.165, 1.54) is 6.07 Å². The van der Waals surface area contributed by atoms with E-state index in [2.05, 4.69) is 16.9 Å². The molecule has 1 amide bonds. The Morgan fingerprint density at radius 2 is 2.12 bits per heavy atom. The van der Waals surface area contributed by atoms with E-state index in [-0.39, 0.29) is 5.56 Å². The highest BCUT2D eigenvalue weighted by atomic mass is 16.1. The number of fused-ring (bicyclic) bond motifs is 1. The first kappa shape index (κ1) is 10.2. The summed E-state index contributed by atoms with van der Waals surface area (Å²) < 4.78 is 0. The molecule has 2 N–H and O–H groups in total. The molecule has 1 aromatic heterocycles. The van der Waals surface area contributed by atoms with Crippen LogP contribution in [0.2, 0.25) is 0 Å². The number of aromatic amines is 1. The van der Waals surface area contributed by atoms with Crippen LogP contribution in [-0.2, 0) is 4.79 Å². The molecule has 0 radical (unpaired) electrons. The average Bonchev–Trinajstić information content (AvgIpc) is 2.28. The monoisotopic (exact) mass is 214 g/mol. The number of H-pyrrole nitrogens is 1. The molecule has 2 rings (SSSR count). The van der Waals surface area contributed by atoms with E-state index in [1.807, 2.05) is 12.1 Å². The van der Waals surface area contributed by atoms with Crippen molar-refractivity contribution in [2.45, 2.75) is 0 Å². The summed E-state index contributed by atoms with van der Waals surface area (Å²) in [4.78, 5) is 24.3. The molecule has 16 heavy (non-hydrogen) atoms. The second-order valence-corrected chi connectivity index (χ2v) is 3.33. The van der Waals surface area contributed by atoms with Crippen molar-refractivity contribution in [2.24, 2.45) is 0 Å². The van der Waals surface area contributed by atoms with Gasteiger partial charge in [0.05, 0.1) is 5.52 Å². The smallest absolute Gasteiger partial charge is 0.248 e. The normalized spacial score (nSPS) is 10.0. The zero-order valence-corrected chi connectivity index (χ0v) is 8.49. The average molecular weight is 214 g/mol. The largest absolute Gasteiger partial charge is 0.329 e. The van der Waals surface area contributed by atoms with Crippen LogP contribution < -0.4 is 10.9 Å². The number of carbonyl (C=O) groups excluding carboxylic acids is 1. The van der Waals surface area contributed by atoms with E-state index >= 15 is 0 Å². The van der Waals surface area contributed by atoms with E-state index in [0.29, 0.717) is 23.2 Å². The molecular weight excluding hydrogens is 204 g/mol. The van der Waals surface area contributed by atoms with Gasteiger partial charge in [0.1, 0.15) is 0 Å². The molecule has 0 aliphatic heterocycles. The van der Waals surface area contributed by atoms with Gasteiger partial charge in [-0.2, -0.15) is 0 Å². The molecule has 4 heteroatoms. The van der Waals surface area contributed by atoms with Crippen LogP contribution in [0.15, 0.2) is 41.7 Å². The summed E-state index contributed by atoms with van der Waals surface area (Å²) in [5.41, 5.74) is 1.66. The SMILES string of the molecule is C=C(NC=O)c1cccc2ccc(=O)[nH]c12. The van der Waals surface area contributed by atoms with Gasteiger partial charge in [0.2, 0.25) is 12.0 Å². The number of hydrogen-bond acceptors (Lipinski definition) is 2. The van der Waals surface area contributed by atoms with Gasteiger partial charge >= 0.3 is 0 Å². The van der Waals surface area contributed by atoms with Crippen molar-refractivity contribution in [3.8, 4) is 0 Å². The van der Waals surface area contributed by atoms with Crippen LogP contribution in [-0.4, -0.2) is 11.4 Å². The molecule has 0 aliphatic carbocycles. The standard InChI is InChI=1S/C12H10N2O2/c1-8(13-7-15)10-4-2-3-9-5-6-11(16)14-12(9)10/h2-7H,1H2,(H,13,15)(H,14,16). The summed E-state index contributed by atoms with van der Waals surface area (Å²) in [5.74, 6) is 0. The lowest BCUT2D eigenvalue weighted by Crippen LogP contribution is -2.10. The van der Waals surface area contributed by atoms with Gasteiger partial charge in [0, 0.05) is 17.3 Å². The Morgan fingerprint density at radius 1 is 1.31 bits per heavy atom. The van der Waals surface area contributed by atoms with Crippen LogP contribution in [0.3, 0.4) is 0 Å². The molecule has 80 valence electrons. The quantitative estimate of drug-likeness (QED) is 0.755. The predicted octanol–water partition coefficient (Wildman–Crippen LogP) is 1.24. The number of amides is 1. The minimum absolute atomic E-state index is 0.182. The highest BCUT2D eigenvalue weighted by Gasteiger charge is 2.04. The van der Waals surface area contributed by atoms with Gasteiger partial charge < -0.3 is 10.3 Å². The molecular formula is C12H10N2O2. The Bertz CT molecular complexity index is 614. The van der Waals surface area contributed by atoms with Crippen molar-refractivity contribution in [1.82, 2.24) is 10.3 Å². The van der Waals surface area contributed by atoms with Crippen LogP contribution in [0.25, 0.3) is 16.6 Å². The molecule has 0 unspecified atom stereocenters. The fourth-order valence-corrected chi connectivity index (χ4v) is 1.58. The molecule has 0 saturated heterocycles. The number of para-hydroxylation sites is 1. The molecule has 1 aromatic carbocycles. The number of hydrogen-bond donors (Lipinski definition) is 2. The minimum atomic E-state index is -0.182. The van der Waals surface area contributed by atoms with Crippen LogP contribution in [0, 0.1) is 0 Å². The lowest BCUT2D eigenvalue weighted by Gasteiger charge is -2.07. The van der Waals surface area contributed by atoms with Gasteiger partial charge in [-0.15, -0.1) is 0 Å². The Morgan fingerprint density at radius 3 is 2.88 bits per heavy atom. The maximum absolute atomic E-state index is 11.2. The fourth-order valence-electron chi connectivity index (χ4n) is 1.58. The van der Waals surface area contributed by atoms with E-state index < -0.39 is 0 Å². The number of nitrogens with one attached hydrogen (secondary N) is 2. The second-order valence-electron chi connectivity index (χ2n) is 3.33. The maximum atomic E-state index is 11.2. The first-order valence-corrected chi connectivity index (χ1v) is 4.74. The van der Waals surface area contributed by atoms with Crippen molar-refractivity contribution in [2.75, 3.05) is 0 Å². The van der Waals surface area contributed by atoms with Crippen molar-refractivity contribution in [3.05, 3.63) is 52.8 Å². The predicted molar refractivity (Wildman–Crippen MR) is 62.8 cm³/mol. The third kappa shape index (κ3) is 1.72. The lowest BCUT2D eigenvalue weighted by molar-refractivity contribution is -0.108. The summed E-state index contributed by atoms with van der Waals surface area (Å²) in [6, 6.07) is 8.70. The van der Waals surface area contributed by atoms with Crippen LogP contribution in [0.5, 0.6) is 0 Å². The topological polar surface area (TPSA) is 62.0 Å². The second kappa shape index (κ2) is 4.02. The summed E-state index contributed by atoms with van der Waals surface area (Å²) in [6.07, 6.45) is 0.558. The summed E-state index contributed by atoms with van der Waals surface area (Å²) in [7, 11) is 0. The first-order valence-electron chi connectivity index (χ1n) is 4.74. The summed E-state index contributed by atoms with van der Waals surface area (Å²) in [5, 5.41) is 3.37. The number of aromatic nitrogens is 1. The van der Waals surface area contributed by atoms with E-state index in [4.69, 9.17) is 0 Å². The lowest BCUT2D eigenvalue weighted by atomic mass is 10.1. The maximum Gasteiger partial charge on any atom is 0.248 e. The molecule has 0 spiro atoms. The van der Waals surface area contributed by atoms with Crippen molar-refractivity contribution >= 4 is 23.0 Å². The van der Waals surface area contributed by atoms with Crippen LogP contribution in [0.4, 0.5) is 0 Å². The van der Waals surface area contributed by atoms with Gasteiger partial charge in [0.15, 0.2) is 0 Å². The number of benzene rings is 1. The number of carbonyl (C=O) groups is 1. The third-order valence-corrected chi connectivity index (χ3v) is 2.32. The summed E-state index contributed by atoms with van der Waals surface area (Å²) >= 11 is 0. The van der Waals surface area contributed by atoms with Gasteiger partial charge in [-0.3, -0.25) is 9.59 Å². The molecule has 4 nitrogen and oxygen atoms in total.